The lowest BCUT2D eigenvalue weighted by atomic mass is 10.1. The van der Waals surface area contributed by atoms with Crippen LogP contribution in [0.25, 0.3) is 0 Å². The largest absolute Gasteiger partial charge is 0.449 e. The smallest absolute Gasteiger partial charge is 0.426 e. The molecule has 0 saturated carbocycles. The van der Waals surface area contributed by atoms with Crippen molar-refractivity contribution in [3.8, 4) is 0 Å². The first-order chi connectivity index (χ1) is 9.02. The van der Waals surface area contributed by atoms with Crippen molar-refractivity contribution in [3.05, 3.63) is 33.8 Å². The van der Waals surface area contributed by atoms with Gasteiger partial charge in [-0.1, -0.05) is 29.3 Å². The van der Waals surface area contributed by atoms with E-state index in [0.29, 0.717) is 16.5 Å². The molecule has 0 spiro atoms. The van der Waals surface area contributed by atoms with Gasteiger partial charge in [0.15, 0.2) is 0 Å². The van der Waals surface area contributed by atoms with Gasteiger partial charge in [0.1, 0.15) is 0 Å². The normalized spacial score (nSPS) is 9.84. The van der Waals surface area contributed by atoms with Gasteiger partial charge in [-0.2, -0.15) is 0 Å². The number of rotatable bonds is 4. The van der Waals surface area contributed by atoms with E-state index < -0.39 is 6.09 Å². The summed E-state index contributed by atoms with van der Waals surface area (Å²) in [5.74, 6) is -0.334. The summed E-state index contributed by atoms with van der Waals surface area (Å²) in [6.07, 6.45) is -0.0551. The van der Waals surface area contributed by atoms with Gasteiger partial charge in [-0.25, -0.2) is 10.2 Å². The molecule has 0 radical (unpaired) electrons. The van der Waals surface area contributed by atoms with E-state index in [1.54, 1.807) is 25.1 Å². The predicted octanol–water partition coefficient (Wildman–Crippen LogP) is 2.70. The van der Waals surface area contributed by atoms with Crippen LogP contribution in [0.1, 0.15) is 18.9 Å². The minimum absolute atomic E-state index is 0.188. The van der Waals surface area contributed by atoms with Crippen LogP contribution >= 0.6 is 23.2 Å². The maximum Gasteiger partial charge on any atom is 0.426 e. The Hall–Kier alpha value is -1.46. The van der Waals surface area contributed by atoms with Gasteiger partial charge < -0.3 is 4.74 Å². The Morgan fingerprint density at radius 1 is 1.26 bits per heavy atom. The molecule has 0 aliphatic carbocycles. The molecule has 2 N–H and O–H groups in total. The van der Waals surface area contributed by atoms with Crippen LogP contribution < -0.4 is 10.9 Å². The number of nitrogens with one attached hydrogen (secondary N) is 2. The second kappa shape index (κ2) is 7.86. The lowest BCUT2D eigenvalue weighted by Crippen LogP contribution is -2.42. The van der Waals surface area contributed by atoms with Crippen molar-refractivity contribution in [3.63, 3.8) is 0 Å². The van der Waals surface area contributed by atoms with Crippen molar-refractivity contribution < 1.29 is 14.3 Å². The van der Waals surface area contributed by atoms with Crippen molar-refractivity contribution in [2.24, 2.45) is 0 Å². The molecule has 0 bridgehead atoms. The van der Waals surface area contributed by atoms with Gasteiger partial charge in [-0.3, -0.25) is 10.2 Å². The van der Waals surface area contributed by atoms with Gasteiger partial charge in [0, 0.05) is 16.5 Å². The van der Waals surface area contributed by atoms with Crippen LogP contribution in [-0.4, -0.2) is 18.6 Å². The molecule has 0 saturated heterocycles. The summed E-state index contributed by atoms with van der Waals surface area (Å²) >= 11 is 11.7. The van der Waals surface area contributed by atoms with Gasteiger partial charge in [-0.05, 0) is 31.0 Å². The Morgan fingerprint density at radius 3 is 2.63 bits per heavy atom. The second-order valence-corrected chi connectivity index (χ2v) is 4.47. The number of ether oxygens (including phenoxy) is 1. The number of aryl methyl sites for hydroxylation is 1. The monoisotopic (exact) mass is 304 g/mol. The summed E-state index contributed by atoms with van der Waals surface area (Å²) < 4.78 is 4.59. The molecule has 5 nitrogen and oxygen atoms in total. The van der Waals surface area contributed by atoms with Crippen LogP contribution in [0.5, 0.6) is 0 Å². The third-order valence-electron chi connectivity index (χ3n) is 2.22. The minimum Gasteiger partial charge on any atom is -0.449 e. The number of carbonyl (C=O) groups excluding carboxylic acids is 2. The first-order valence-corrected chi connectivity index (χ1v) is 6.44. The fourth-order valence-corrected chi connectivity index (χ4v) is 1.83. The van der Waals surface area contributed by atoms with Crippen molar-refractivity contribution in [1.29, 1.82) is 0 Å². The Balaban J connectivity index is 2.36. The molecule has 0 aliphatic heterocycles. The molecule has 1 aromatic carbocycles. The average molecular weight is 305 g/mol. The van der Waals surface area contributed by atoms with Crippen molar-refractivity contribution in [1.82, 2.24) is 10.9 Å². The number of halogens is 2. The summed E-state index contributed by atoms with van der Waals surface area (Å²) in [5.41, 5.74) is 5.18. The van der Waals surface area contributed by atoms with E-state index in [4.69, 9.17) is 23.2 Å². The highest BCUT2D eigenvalue weighted by molar-refractivity contribution is 6.35. The molecule has 1 aromatic rings. The summed E-state index contributed by atoms with van der Waals surface area (Å²) in [4.78, 5) is 22.4. The van der Waals surface area contributed by atoms with Gasteiger partial charge in [0.05, 0.1) is 6.61 Å². The van der Waals surface area contributed by atoms with Crippen LogP contribution in [0.4, 0.5) is 4.79 Å². The molecular formula is C12H14Cl2N2O3. The molecule has 0 atom stereocenters. The van der Waals surface area contributed by atoms with Crippen molar-refractivity contribution in [2.75, 3.05) is 6.61 Å². The second-order valence-electron chi connectivity index (χ2n) is 3.63. The minimum atomic E-state index is -0.694. The third-order valence-corrected chi connectivity index (χ3v) is 2.80. The highest BCUT2D eigenvalue weighted by atomic mass is 35.5. The number of hydrazine groups is 1. The number of carbonyl (C=O) groups is 2. The Morgan fingerprint density at radius 2 is 2.00 bits per heavy atom. The van der Waals surface area contributed by atoms with E-state index >= 15 is 0 Å². The fraction of sp³-hybridized carbons (Fsp3) is 0.333. The van der Waals surface area contributed by atoms with Crippen LogP contribution in [0.2, 0.25) is 10.0 Å². The van der Waals surface area contributed by atoms with Crippen LogP contribution in [0, 0.1) is 0 Å². The molecule has 7 heteroatoms. The number of benzene rings is 1. The van der Waals surface area contributed by atoms with Crippen molar-refractivity contribution in [2.45, 2.75) is 19.8 Å². The van der Waals surface area contributed by atoms with Gasteiger partial charge in [0.25, 0.3) is 0 Å². The highest BCUT2D eigenvalue weighted by Gasteiger charge is 2.07. The lowest BCUT2D eigenvalue weighted by molar-refractivity contribution is -0.121. The van der Waals surface area contributed by atoms with E-state index in [9.17, 15) is 9.59 Å². The van der Waals surface area contributed by atoms with Gasteiger partial charge >= 0.3 is 6.09 Å². The summed E-state index contributed by atoms with van der Waals surface area (Å²) in [6.45, 7) is 1.91. The summed E-state index contributed by atoms with van der Waals surface area (Å²) in [6, 6.07) is 5.08. The SMILES string of the molecule is CCOC(=O)NNC(=O)CCc1ccc(Cl)cc1Cl. The zero-order valence-electron chi connectivity index (χ0n) is 10.3. The lowest BCUT2D eigenvalue weighted by Gasteiger charge is -2.08. The molecule has 0 fully saturated rings. The number of hydrogen-bond acceptors (Lipinski definition) is 3. The van der Waals surface area contributed by atoms with E-state index in [1.165, 1.54) is 0 Å². The molecular weight excluding hydrogens is 291 g/mol. The molecule has 0 unspecified atom stereocenters. The van der Waals surface area contributed by atoms with Gasteiger partial charge in [-0.15, -0.1) is 0 Å². The Labute approximate surface area is 121 Å². The first kappa shape index (κ1) is 15.6. The summed E-state index contributed by atoms with van der Waals surface area (Å²) in [7, 11) is 0. The standard InChI is InChI=1S/C12H14Cl2N2O3/c1-2-19-12(18)16-15-11(17)6-4-8-3-5-9(13)7-10(8)14/h3,5,7H,2,4,6H2,1H3,(H,15,17)(H,16,18). The number of amides is 2. The maximum absolute atomic E-state index is 11.5. The molecule has 1 rings (SSSR count). The Kier molecular flexibility index (Phi) is 6.45. The quantitative estimate of drug-likeness (QED) is 0.840. The average Bonchev–Trinajstić information content (AvgIpc) is 2.35. The molecule has 0 heterocycles. The summed E-state index contributed by atoms with van der Waals surface area (Å²) in [5, 5.41) is 1.06. The van der Waals surface area contributed by atoms with Gasteiger partial charge in [0.2, 0.25) is 5.91 Å². The van der Waals surface area contributed by atoms with E-state index in [-0.39, 0.29) is 18.9 Å². The van der Waals surface area contributed by atoms with Crippen molar-refractivity contribution >= 4 is 35.2 Å². The van der Waals surface area contributed by atoms with E-state index in [2.05, 4.69) is 15.6 Å². The first-order valence-electron chi connectivity index (χ1n) is 5.68. The predicted molar refractivity (Wildman–Crippen MR) is 73.1 cm³/mol. The molecule has 19 heavy (non-hydrogen) atoms. The molecule has 0 aliphatic rings. The molecule has 2 amide bonds. The molecule has 104 valence electrons. The van der Waals surface area contributed by atoms with Crippen LogP contribution in [0.3, 0.4) is 0 Å². The molecule has 0 aromatic heterocycles. The van der Waals surface area contributed by atoms with E-state index in [1.807, 2.05) is 0 Å². The topological polar surface area (TPSA) is 67.4 Å². The zero-order valence-corrected chi connectivity index (χ0v) is 11.8. The third kappa shape index (κ3) is 5.81. The zero-order chi connectivity index (χ0) is 14.3. The fourth-order valence-electron chi connectivity index (χ4n) is 1.32. The highest BCUT2D eigenvalue weighted by Crippen LogP contribution is 2.21. The number of hydrogen-bond donors (Lipinski definition) is 2. The van der Waals surface area contributed by atoms with E-state index in [0.717, 1.165) is 5.56 Å². The van der Waals surface area contributed by atoms with Crippen LogP contribution in [0.15, 0.2) is 18.2 Å². The Bertz CT molecular complexity index is 466. The maximum atomic E-state index is 11.5. The van der Waals surface area contributed by atoms with Crippen LogP contribution in [-0.2, 0) is 16.0 Å².